The number of amides is 2. The number of rotatable bonds is 4. The molecule has 2 amide bonds. The first-order valence-electron chi connectivity index (χ1n) is 6.84. The zero-order valence-electron chi connectivity index (χ0n) is 10.8. The van der Waals surface area contributed by atoms with E-state index < -0.39 is 12.0 Å². The standard InChI is InChI=1S/C14H17NO4/c1-2-3-9(14(18)19)15-12(16)10-7-4-5-8(6-7)11(10)13(15)17/h4-5,7-11H,2-3,6H2,1H3,(H,18,19)/t7-,8+,9-,10-,11+/m1/s1. The topological polar surface area (TPSA) is 74.7 Å². The third kappa shape index (κ3) is 1.57. The minimum Gasteiger partial charge on any atom is -0.480 e. The lowest BCUT2D eigenvalue weighted by Gasteiger charge is -2.24. The maximum atomic E-state index is 12.4. The van der Waals surface area contributed by atoms with Crippen LogP contribution in [-0.2, 0) is 14.4 Å². The van der Waals surface area contributed by atoms with E-state index in [2.05, 4.69) is 0 Å². The number of carbonyl (C=O) groups excluding carboxylic acids is 2. The summed E-state index contributed by atoms with van der Waals surface area (Å²) < 4.78 is 0. The number of carboxylic acid groups (broad SMARTS) is 1. The fourth-order valence-corrected chi connectivity index (χ4v) is 3.87. The van der Waals surface area contributed by atoms with Gasteiger partial charge < -0.3 is 5.11 Å². The van der Waals surface area contributed by atoms with Crippen molar-refractivity contribution in [2.75, 3.05) is 0 Å². The SMILES string of the molecule is CCC[C@H](C(=O)O)N1C(=O)[C@@H]2[C@H](C1=O)[C@@H]1C=C[C@H]2C1. The van der Waals surface area contributed by atoms with Gasteiger partial charge in [-0.1, -0.05) is 25.5 Å². The lowest BCUT2D eigenvalue weighted by Crippen LogP contribution is -2.46. The smallest absolute Gasteiger partial charge is 0.326 e. The van der Waals surface area contributed by atoms with Crippen molar-refractivity contribution in [2.45, 2.75) is 32.2 Å². The van der Waals surface area contributed by atoms with E-state index in [1.165, 1.54) is 0 Å². The number of aliphatic carboxylic acids is 1. The molecule has 5 heteroatoms. The van der Waals surface area contributed by atoms with Gasteiger partial charge in [0.2, 0.25) is 11.8 Å². The fourth-order valence-electron chi connectivity index (χ4n) is 3.87. The van der Waals surface area contributed by atoms with Crippen molar-refractivity contribution in [1.29, 1.82) is 0 Å². The summed E-state index contributed by atoms with van der Waals surface area (Å²) >= 11 is 0. The van der Waals surface area contributed by atoms with E-state index in [1.807, 2.05) is 19.1 Å². The summed E-state index contributed by atoms with van der Waals surface area (Å²) in [6.45, 7) is 1.85. The number of hydrogen-bond donors (Lipinski definition) is 1. The number of likely N-dealkylation sites (tertiary alicyclic amines) is 1. The van der Waals surface area contributed by atoms with Crippen molar-refractivity contribution in [3.8, 4) is 0 Å². The number of hydrogen-bond acceptors (Lipinski definition) is 3. The molecule has 2 bridgehead atoms. The summed E-state index contributed by atoms with van der Waals surface area (Å²) in [5.74, 6) is -1.97. The monoisotopic (exact) mass is 263 g/mol. The molecule has 0 radical (unpaired) electrons. The number of allylic oxidation sites excluding steroid dienone is 2. The van der Waals surface area contributed by atoms with Gasteiger partial charge in [-0.3, -0.25) is 14.5 Å². The van der Waals surface area contributed by atoms with Gasteiger partial charge in [0.25, 0.3) is 0 Å². The summed E-state index contributed by atoms with van der Waals surface area (Å²) in [4.78, 5) is 37.2. The van der Waals surface area contributed by atoms with Crippen LogP contribution in [0.3, 0.4) is 0 Å². The minimum absolute atomic E-state index is 0.132. The third-order valence-electron chi connectivity index (χ3n) is 4.66. The molecule has 1 saturated carbocycles. The van der Waals surface area contributed by atoms with Gasteiger partial charge in [-0.15, -0.1) is 0 Å². The molecule has 2 aliphatic carbocycles. The summed E-state index contributed by atoms with van der Waals surface area (Å²) in [6, 6.07) is -0.991. The van der Waals surface area contributed by atoms with Gasteiger partial charge in [-0.05, 0) is 24.7 Å². The largest absolute Gasteiger partial charge is 0.480 e. The maximum Gasteiger partial charge on any atom is 0.326 e. The molecule has 1 heterocycles. The molecule has 1 N–H and O–H groups in total. The highest BCUT2D eigenvalue weighted by Gasteiger charge is 2.60. The number of carboxylic acids is 1. The summed E-state index contributed by atoms with van der Waals surface area (Å²) in [7, 11) is 0. The van der Waals surface area contributed by atoms with Crippen LogP contribution >= 0.6 is 0 Å². The number of fused-ring (bicyclic) bond motifs is 5. The molecular formula is C14H17NO4. The van der Waals surface area contributed by atoms with Crippen LogP contribution in [0.4, 0.5) is 0 Å². The minimum atomic E-state index is -1.08. The second-order valence-corrected chi connectivity index (χ2v) is 5.69. The highest BCUT2D eigenvalue weighted by Crippen LogP contribution is 2.52. The van der Waals surface area contributed by atoms with E-state index in [4.69, 9.17) is 0 Å². The van der Waals surface area contributed by atoms with Gasteiger partial charge in [0.05, 0.1) is 11.8 Å². The first-order valence-corrected chi connectivity index (χ1v) is 6.84. The van der Waals surface area contributed by atoms with Crippen molar-refractivity contribution in [3.05, 3.63) is 12.2 Å². The van der Waals surface area contributed by atoms with Gasteiger partial charge in [0, 0.05) is 0 Å². The van der Waals surface area contributed by atoms with Crippen LogP contribution in [-0.4, -0.2) is 33.8 Å². The van der Waals surface area contributed by atoms with Crippen molar-refractivity contribution >= 4 is 17.8 Å². The van der Waals surface area contributed by atoms with E-state index in [-0.39, 0.29) is 35.5 Å². The molecule has 0 spiro atoms. The molecule has 3 rings (SSSR count). The Morgan fingerprint density at radius 1 is 1.32 bits per heavy atom. The lowest BCUT2D eigenvalue weighted by molar-refractivity contribution is -0.155. The number of nitrogens with zero attached hydrogens (tertiary/aromatic N) is 1. The average molecular weight is 263 g/mol. The fraction of sp³-hybridized carbons (Fsp3) is 0.643. The number of carbonyl (C=O) groups is 3. The Kier molecular flexibility index (Phi) is 2.73. The lowest BCUT2D eigenvalue weighted by atomic mass is 9.85. The number of imide groups is 1. The van der Waals surface area contributed by atoms with E-state index in [1.54, 1.807) is 0 Å². The summed E-state index contributed by atoms with van der Waals surface area (Å²) in [5.41, 5.74) is 0. The van der Waals surface area contributed by atoms with Crippen LogP contribution in [0.2, 0.25) is 0 Å². The van der Waals surface area contributed by atoms with Gasteiger partial charge in [0.15, 0.2) is 0 Å². The van der Waals surface area contributed by atoms with Crippen molar-refractivity contribution in [3.63, 3.8) is 0 Å². The second kappa shape index (κ2) is 4.18. The van der Waals surface area contributed by atoms with E-state index in [9.17, 15) is 19.5 Å². The van der Waals surface area contributed by atoms with Gasteiger partial charge in [-0.2, -0.15) is 0 Å². The predicted molar refractivity (Wildman–Crippen MR) is 65.9 cm³/mol. The quantitative estimate of drug-likeness (QED) is 0.607. The molecule has 0 aromatic carbocycles. The Bertz CT molecular complexity index is 454. The Morgan fingerprint density at radius 3 is 2.26 bits per heavy atom. The molecule has 102 valence electrons. The first kappa shape index (κ1) is 12.4. The highest BCUT2D eigenvalue weighted by atomic mass is 16.4. The van der Waals surface area contributed by atoms with Gasteiger partial charge >= 0.3 is 5.97 Å². The molecule has 0 unspecified atom stereocenters. The van der Waals surface area contributed by atoms with Crippen LogP contribution in [0.25, 0.3) is 0 Å². The molecule has 1 aliphatic heterocycles. The highest BCUT2D eigenvalue weighted by molar-refractivity contribution is 6.08. The van der Waals surface area contributed by atoms with Crippen molar-refractivity contribution in [1.82, 2.24) is 4.90 Å². The molecule has 0 aromatic rings. The van der Waals surface area contributed by atoms with Gasteiger partial charge in [-0.25, -0.2) is 4.79 Å². The first-order chi connectivity index (χ1) is 9.06. The Balaban J connectivity index is 1.91. The van der Waals surface area contributed by atoms with Crippen molar-refractivity contribution in [2.24, 2.45) is 23.7 Å². The summed E-state index contributed by atoms with van der Waals surface area (Å²) in [6.07, 6.45) is 5.85. The van der Waals surface area contributed by atoms with Gasteiger partial charge in [0.1, 0.15) is 6.04 Å². The van der Waals surface area contributed by atoms with Crippen LogP contribution < -0.4 is 0 Å². The van der Waals surface area contributed by atoms with Crippen LogP contribution in [0.1, 0.15) is 26.2 Å². The third-order valence-corrected chi connectivity index (χ3v) is 4.66. The van der Waals surface area contributed by atoms with Crippen molar-refractivity contribution < 1.29 is 19.5 Å². The van der Waals surface area contributed by atoms with Crippen LogP contribution in [0.15, 0.2) is 12.2 Å². The maximum absolute atomic E-state index is 12.4. The van der Waals surface area contributed by atoms with E-state index in [0.717, 1.165) is 11.3 Å². The Morgan fingerprint density at radius 2 is 1.84 bits per heavy atom. The normalized spacial score (nSPS) is 37.0. The second-order valence-electron chi connectivity index (χ2n) is 5.69. The molecule has 19 heavy (non-hydrogen) atoms. The summed E-state index contributed by atoms with van der Waals surface area (Å²) in [5, 5.41) is 9.25. The van der Waals surface area contributed by atoms with Crippen LogP contribution in [0, 0.1) is 23.7 Å². The zero-order chi connectivity index (χ0) is 13.7. The molecule has 5 nitrogen and oxygen atoms in total. The average Bonchev–Trinajstić information content (AvgIpc) is 3.02. The molecule has 2 fully saturated rings. The Hall–Kier alpha value is -1.65. The molecule has 1 saturated heterocycles. The molecule has 0 aromatic heterocycles. The van der Waals surface area contributed by atoms with E-state index in [0.29, 0.717) is 12.8 Å². The Labute approximate surface area is 111 Å². The van der Waals surface area contributed by atoms with Crippen LogP contribution in [0.5, 0.6) is 0 Å². The molecule has 5 atom stereocenters. The predicted octanol–water partition coefficient (Wildman–Crippen LogP) is 1.05. The molecular weight excluding hydrogens is 246 g/mol. The zero-order valence-corrected chi connectivity index (χ0v) is 10.8. The van der Waals surface area contributed by atoms with E-state index >= 15 is 0 Å². The molecule has 3 aliphatic rings.